The van der Waals surface area contributed by atoms with E-state index >= 15 is 0 Å². The van der Waals surface area contributed by atoms with Crippen LogP contribution < -0.4 is 20.3 Å². The van der Waals surface area contributed by atoms with Crippen molar-refractivity contribution in [1.82, 2.24) is 5.32 Å². The number of benzene rings is 1. The summed E-state index contributed by atoms with van der Waals surface area (Å²) in [5.41, 5.74) is 0.449. The van der Waals surface area contributed by atoms with Gasteiger partial charge in [0.25, 0.3) is 11.8 Å². The van der Waals surface area contributed by atoms with Gasteiger partial charge in [-0.3, -0.25) is 14.4 Å². The van der Waals surface area contributed by atoms with Gasteiger partial charge >= 0.3 is 5.97 Å². The number of hydrogen-bond donors (Lipinski definition) is 3. The molecule has 1 fully saturated rings. The number of carbonyl (C=O) groups is 3. The number of esters is 1. The molecule has 2 atom stereocenters. The minimum atomic E-state index is -0.659. The SMILES string of the molecule is COC(=O)C[C@@H]1C(=O)NCC[NH+]1CC(=O)Nc1cc(Cl)ccc1OC. The largest absolute Gasteiger partial charge is 0.495 e. The summed E-state index contributed by atoms with van der Waals surface area (Å²) in [6.45, 7) is 1.01. The number of nitrogens with one attached hydrogen (secondary N) is 3. The van der Waals surface area contributed by atoms with Gasteiger partial charge in [0.05, 0.1) is 33.0 Å². The second-order valence-electron chi connectivity index (χ2n) is 5.60. The number of amides is 2. The Hall–Kier alpha value is -2.32. The van der Waals surface area contributed by atoms with E-state index in [-0.39, 0.29) is 24.8 Å². The van der Waals surface area contributed by atoms with Crippen LogP contribution in [0.3, 0.4) is 0 Å². The van der Waals surface area contributed by atoms with Crippen LogP contribution >= 0.6 is 11.6 Å². The molecule has 0 saturated carbocycles. The summed E-state index contributed by atoms with van der Waals surface area (Å²) in [7, 11) is 2.76. The molecule has 0 aromatic heterocycles. The van der Waals surface area contributed by atoms with E-state index < -0.39 is 12.0 Å². The maximum absolute atomic E-state index is 12.4. The summed E-state index contributed by atoms with van der Waals surface area (Å²) in [5.74, 6) is -0.577. The summed E-state index contributed by atoms with van der Waals surface area (Å²) in [5, 5.41) is 5.90. The van der Waals surface area contributed by atoms with Gasteiger partial charge in [-0.1, -0.05) is 11.6 Å². The third-order valence-electron chi connectivity index (χ3n) is 3.98. The number of rotatable bonds is 6. The molecule has 1 aliphatic heterocycles. The van der Waals surface area contributed by atoms with Gasteiger partial charge in [0, 0.05) is 5.02 Å². The maximum atomic E-state index is 12.4. The number of anilines is 1. The highest BCUT2D eigenvalue weighted by Gasteiger charge is 2.36. The summed E-state index contributed by atoms with van der Waals surface area (Å²) in [6.07, 6.45) is -0.0779. The van der Waals surface area contributed by atoms with Crippen molar-refractivity contribution < 1.29 is 28.8 Å². The topological polar surface area (TPSA) is 98.2 Å². The first-order valence-corrected chi connectivity index (χ1v) is 8.15. The third kappa shape index (κ3) is 5.07. The first kappa shape index (κ1) is 19.0. The zero-order valence-electron chi connectivity index (χ0n) is 14.1. The molecular weight excluding hydrogens is 350 g/mol. The third-order valence-corrected chi connectivity index (χ3v) is 4.21. The number of ether oxygens (including phenoxy) is 2. The van der Waals surface area contributed by atoms with Crippen LogP contribution in [0.4, 0.5) is 5.69 Å². The predicted octanol–water partition coefficient (Wildman–Crippen LogP) is -0.766. The van der Waals surface area contributed by atoms with E-state index in [9.17, 15) is 14.4 Å². The van der Waals surface area contributed by atoms with Crippen molar-refractivity contribution in [3.63, 3.8) is 0 Å². The first-order chi connectivity index (χ1) is 11.9. The Balaban J connectivity index is 2.06. The molecule has 9 heteroatoms. The molecule has 3 N–H and O–H groups in total. The molecule has 0 aliphatic carbocycles. The van der Waals surface area contributed by atoms with Crippen LogP contribution in [0.25, 0.3) is 0 Å². The molecule has 0 bridgehead atoms. The van der Waals surface area contributed by atoms with E-state index in [2.05, 4.69) is 15.4 Å². The second kappa shape index (κ2) is 8.68. The van der Waals surface area contributed by atoms with Crippen molar-refractivity contribution in [2.45, 2.75) is 12.5 Å². The average molecular weight is 371 g/mol. The van der Waals surface area contributed by atoms with E-state index in [4.69, 9.17) is 16.3 Å². The molecule has 1 saturated heterocycles. The van der Waals surface area contributed by atoms with Crippen LogP contribution in [0.1, 0.15) is 6.42 Å². The molecule has 2 rings (SSSR count). The molecule has 1 heterocycles. The van der Waals surface area contributed by atoms with E-state index in [1.165, 1.54) is 14.2 Å². The summed E-state index contributed by atoms with van der Waals surface area (Å²) in [4.78, 5) is 36.6. The standard InChI is InChI=1S/C16H20ClN3O5/c1-24-13-4-3-10(17)7-11(13)19-14(21)9-20-6-5-18-16(23)12(20)8-15(22)25-2/h3-4,7,12H,5-6,8-9H2,1-2H3,(H,18,23)(H,19,21)/p+1/t12-/m1/s1. The highest BCUT2D eigenvalue weighted by atomic mass is 35.5. The molecule has 1 aromatic carbocycles. The number of halogens is 1. The molecule has 2 amide bonds. The molecule has 136 valence electrons. The lowest BCUT2D eigenvalue weighted by Gasteiger charge is -2.30. The maximum Gasteiger partial charge on any atom is 0.312 e. The predicted molar refractivity (Wildman–Crippen MR) is 90.8 cm³/mol. The Morgan fingerprint density at radius 1 is 1.40 bits per heavy atom. The Morgan fingerprint density at radius 3 is 2.84 bits per heavy atom. The molecule has 1 aliphatic rings. The van der Waals surface area contributed by atoms with Crippen molar-refractivity contribution >= 4 is 35.1 Å². The van der Waals surface area contributed by atoms with Crippen LogP contribution in [-0.2, 0) is 19.1 Å². The Morgan fingerprint density at radius 2 is 2.16 bits per heavy atom. The molecule has 25 heavy (non-hydrogen) atoms. The summed E-state index contributed by atoms with van der Waals surface area (Å²) in [6, 6.07) is 4.23. The van der Waals surface area contributed by atoms with Crippen LogP contribution in [0.2, 0.25) is 5.02 Å². The lowest BCUT2D eigenvalue weighted by Crippen LogP contribution is -3.20. The van der Waals surface area contributed by atoms with E-state index in [0.29, 0.717) is 34.4 Å². The van der Waals surface area contributed by atoms with Gasteiger partial charge in [-0.15, -0.1) is 0 Å². The monoisotopic (exact) mass is 370 g/mol. The number of hydrogen-bond acceptors (Lipinski definition) is 5. The van der Waals surface area contributed by atoms with Crippen molar-refractivity contribution in [3.8, 4) is 5.75 Å². The number of methoxy groups -OCH3 is 2. The molecule has 0 radical (unpaired) electrons. The molecule has 0 spiro atoms. The van der Waals surface area contributed by atoms with E-state index in [1.807, 2.05) is 0 Å². The van der Waals surface area contributed by atoms with Crippen molar-refractivity contribution in [3.05, 3.63) is 23.2 Å². The lowest BCUT2D eigenvalue weighted by molar-refractivity contribution is -0.909. The number of piperazine rings is 1. The Bertz CT molecular complexity index is 667. The smallest absolute Gasteiger partial charge is 0.312 e. The fourth-order valence-electron chi connectivity index (χ4n) is 2.71. The van der Waals surface area contributed by atoms with E-state index in [1.54, 1.807) is 18.2 Å². The van der Waals surface area contributed by atoms with Gasteiger partial charge < -0.3 is 25.0 Å². The molecule has 1 unspecified atom stereocenters. The Labute approximate surface area is 150 Å². The van der Waals surface area contributed by atoms with Gasteiger partial charge in [0.15, 0.2) is 12.6 Å². The zero-order valence-corrected chi connectivity index (χ0v) is 14.8. The summed E-state index contributed by atoms with van der Waals surface area (Å²) < 4.78 is 9.82. The number of quaternary nitrogens is 1. The second-order valence-corrected chi connectivity index (χ2v) is 6.04. The van der Waals surface area contributed by atoms with Crippen LogP contribution in [0.15, 0.2) is 18.2 Å². The highest BCUT2D eigenvalue weighted by Crippen LogP contribution is 2.27. The molecular formula is C16H21ClN3O5+. The fourth-order valence-corrected chi connectivity index (χ4v) is 2.88. The normalized spacial score (nSPS) is 19.7. The van der Waals surface area contributed by atoms with Crippen molar-refractivity contribution in [2.75, 3.05) is 39.2 Å². The van der Waals surface area contributed by atoms with E-state index in [0.717, 1.165) is 0 Å². The Kier molecular flexibility index (Phi) is 6.60. The van der Waals surface area contributed by atoms with Gasteiger partial charge in [-0.05, 0) is 18.2 Å². The lowest BCUT2D eigenvalue weighted by atomic mass is 10.1. The minimum absolute atomic E-state index is 0.0325. The van der Waals surface area contributed by atoms with Crippen molar-refractivity contribution in [1.29, 1.82) is 0 Å². The van der Waals surface area contributed by atoms with Gasteiger partial charge in [0.1, 0.15) is 12.2 Å². The quantitative estimate of drug-likeness (QED) is 0.571. The first-order valence-electron chi connectivity index (χ1n) is 7.77. The zero-order chi connectivity index (χ0) is 18.4. The van der Waals surface area contributed by atoms with Gasteiger partial charge in [0.2, 0.25) is 0 Å². The van der Waals surface area contributed by atoms with Gasteiger partial charge in [-0.2, -0.15) is 0 Å². The van der Waals surface area contributed by atoms with Crippen LogP contribution in [-0.4, -0.2) is 57.7 Å². The van der Waals surface area contributed by atoms with Gasteiger partial charge in [-0.25, -0.2) is 0 Å². The fraction of sp³-hybridized carbons (Fsp3) is 0.438. The van der Waals surface area contributed by atoms with Crippen molar-refractivity contribution in [2.24, 2.45) is 0 Å². The van der Waals surface area contributed by atoms with Crippen LogP contribution in [0, 0.1) is 0 Å². The number of carbonyl (C=O) groups excluding carboxylic acids is 3. The minimum Gasteiger partial charge on any atom is -0.495 e. The molecule has 8 nitrogen and oxygen atoms in total. The van der Waals surface area contributed by atoms with Crippen LogP contribution in [0.5, 0.6) is 5.75 Å². The average Bonchev–Trinajstić information content (AvgIpc) is 2.58. The highest BCUT2D eigenvalue weighted by molar-refractivity contribution is 6.31. The molecule has 1 aromatic rings. The summed E-state index contributed by atoms with van der Waals surface area (Å²) >= 11 is 5.95.